The van der Waals surface area contributed by atoms with E-state index in [0.29, 0.717) is 42.2 Å². The molecule has 0 aromatic heterocycles. The number of nitrogens with zero attached hydrogens (tertiary/aromatic N) is 2. The smallest absolute Gasteiger partial charge is 0.434 e. The van der Waals surface area contributed by atoms with E-state index >= 15 is 0 Å². The van der Waals surface area contributed by atoms with E-state index in [0.717, 1.165) is 11.1 Å². The molecule has 2 aromatic carbocycles. The van der Waals surface area contributed by atoms with Crippen LogP contribution in [0, 0.1) is 19.7 Å². The standard InChI is InChI=1S/C26H28ClFN2O5/c1-5-34-25(32)35-23-22(21-16(2)13-18(27)14-17(21)3)24(31)30(20-8-6-7-19(28)15-20)26(23)9-11-29(33-4)12-10-26/h6-8,13-15H,5,9-12H2,1-4H3. The average Bonchev–Trinajstić information content (AvgIpc) is 3.01. The van der Waals surface area contributed by atoms with Crippen LogP contribution in [0.1, 0.15) is 36.5 Å². The first kappa shape index (κ1) is 25.2. The van der Waals surface area contributed by atoms with Crippen molar-refractivity contribution in [2.75, 3.05) is 31.7 Å². The second-order valence-electron chi connectivity index (χ2n) is 8.67. The minimum absolute atomic E-state index is 0.118. The van der Waals surface area contributed by atoms with Gasteiger partial charge in [0, 0.05) is 23.8 Å². The second-order valence-corrected chi connectivity index (χ2v) is 9.10. The van der Waals surface area contributed by atoms with E-state index in [1.54, 1.807) is 48.3 Å². The van der Waals surface area contributed by atoms with E-state index in [-0.39, 0.29) is 23.8 Å². The molecule has 1 amide bonds. The molecule has 2 aromatic rings. The highest BCUT2D eigenvalue weighted by Gasteiger charge is 2.56. The summed E-state index contributed by atoms with van der Waals surface area (Å²) in [6.45, 7) is 6.43. The van der Waals surface area contributed by atoms with Crippen molar-refractivity contribution in [3.8, 4) is 0 Å². The Kier molecular flexibility index (Phi) is 7.17. The molecule has 1 spiro atoms. The lowest BCUT2D eigenvalue weighted by Gasteiger charge is -2.44. The largest absolute Gasteiger partial charge is 0.513 e. The Morgan fingerprint density at radius 2 is 1.80 bits per heavy atom. The summed E-state index contributed by atoms with van der Waals surface area (Å²) in [6, 6.07) is 9.39. The van der Waals surface area contributed by atoms with Gasteiger partial charge in [-0.05, 0) is 80.6 Å². The van der Waals surface area contributed by atoms with Crippen molar-refractivity contribution in [1.82, 2.24) is 5.06 Å². The summed E-state index contributed by atoms with van der Waals surface area (Å²) in [6.07, 6.45) is -0.105. The number of amides is 1. The molecule has 0 N–H and O–H groups in total. The summed E-state index contributed by atoms with van der Waals surface area (Å²) < 4.78 is 25.3. The van der Waals surface area contributed by atoms with Crippen molar-refractivity contribution in [2.45, 2.75) is 39.2 Å². The third-order valence-electron chi connectivity index (χ3n) is 6.56. The fraction of sp³-hybridized carbons (Fsp3) is 0.385. The Hall–Kier alpha value is -2.94. The number of ether oxygens (including phenoxy) is 2. The minimum Gasteiger partial charge on any atom is -0.434 e. The van der Waals surface area contributed by atoms with E-state index in [1.165, 1.54) is 12.1 Å². The Bertz CT molecular complexity index is 1170. The summed E-state index contributed by atoms with van der Waals surface area (Å²) >= 11 is 6.27. The van der Waals surface area contributed by atoms with Gasteiger partial charge in [0.25, 0.3) is 5.91 Å². The minimum atomic E-state index is -1.04. The predicted octanol–water partition coefficient (Wildman–Crippen LogP) is 5.42. The number of hydrogen-bond donors (Lipinski definition) is 0. The van der Waals surface area contributed by atoms with Gasteiger partial charge in [0.2, 0.25) is 0 Å². The zero-order chi connectivity index (χ0) is 25.3. The summed E-state index contributed by atoms with van der Waals surface area (Å²) in [7, 11) is 1.58. The SMILES string of the molecule is CCOC(=O)OC1=C(c2c(C)cc(Cl)cc2C)C(=O)N(c2cccc(F)c2)C12CCN(OC)CC2. The van der Waals surface area contributed by atoms with Crippen LogP contribution < -0.4 is 4.90 Å². The van der Waals surface area contributed by atoms with Gasteiger partial charge in [-0.3, -0.25) is 9.69 Å². The van der Waals surface area contributed by atoms with Crippen molar-refractivity contribution in [3.63, 3.8) is 0 Å². The van der Waals surface area contributed by atoms with Gasteiger partial charge in [-0.1, -0.05) is 17.7 Å². The molecule has 1 saturated heterocycles. The van der Waals surface area contributed by atoms with Crippen molar-refractivity contribution < 1.29 is 28.3 Å². The van der Waals surface area contributed by atoms with Gasteiger partial charge in [0.1, 0.15) is 11.4 Å². The maximum absolute atomic E-state index is 14.3. The van der Waals surface area contributed by atoms with Crippen LogP contribution in [0.15, 0.2) is 42.2 Å². The normalized spacial score (nSPS) is 17.9. The maximum atomic E-state index is 14.3. The number of piperidine rings is 1. The number of hydrogen-bond acceptors (Lipinski definition) is 6. The highest BCUT2D eigenvalue weighted by atomic mass is 35.5. The highest BCUT2D eigenvalue weighted by Crippen LogP contribution is 2.50. The van der Waals surface area contributed by atoms with E-state index < -0.39 is 17.5 Å². The van der Waals surface area contributed by atoms with E-state index in [1.807, 2.05) is 13.8 Å². The van der Waals surface area contributed by atoms with Gasteiger partial charge in [-0.15, -0.1) is 0 Å². The molecular formula is C26H28ClFN2O5. The molecule has 2 heterocycles. The molecule has 35 heavy (non-hydrogen) atoms. The number of aryl methyl sites for hydroxylation is 2. The van der Waals surface area contributed by atoms with Crippen molar-refractivity contribution in [3.05, 3.63) is 69.7 Å². The lowest BCUT2D eigenvalue weighted by atomic mass is 9.84. The van der Waals surface area contributed by atoms with Crippen LogP contribution in [0.5, 0.6) is 0 Å². The summed E-state index contributed by atoms with van der Waals surface area (Å²) in [5.74, 6) is -0.649. The summed E-state index contributed by atoms with van der Waals surface area (Å²) in [5.41, 5.74) is 1.74. The lowest BCUT2D eigenvalue weighted by Crippen LogP contribution is -2.55. The highest BCUT2D eigenvalue weighted by molar-refractivity contribution is 6.33. The van der Waals surface area contributed by atoms with Gasteiger partial charge in [0.15, 0.2) is 5.76 Å². The molecule has 1 fully saturated rings. The van der Waals surface area contributed by atoms with Crippen LogP contribution in [-0.2, 0) is 19.1 Å². The molecule has 186 valence electrons. The van der Waals surface area contributed by atoms with Crippen LogP contribution in [0.2, 0.25) is 5.02 Å². The number of benzene rings is 2. The third-order valence-corrected chi connectivity index (χ3v) is 6.78. The number of hydroxylamine groups is 2. The molecule has 2 aliphatic rings. The third kappa shape index (κ3) is 4.53. The Morgan fingerprint density at radius 3 is 2.37 bits per heavy atom. The van der Waals surface area contributed by atoms with Crippen molar-refractivity contribution >= 4 is 34.9 Å². The molecule has 0 bridgehead atoms. The number of carbonyl (C=O) groups excluding carboxylic acids is 2. The molecule has 4 rings (SSSR count). The maximum Gasteiger partial charge on any atom is 0.513 e. The fourth-order valence-corrected chi connectivity index (χ4v) is 5.44. The van der Waals surface area contributed by atoms with Crippen molar-refractivity contribution in [1.29, 1.82) is 0 Å². The molecule has 0 unspecified atom stereocenters. The first-order valence-electron chi connectivity index (χ1n) is 11.5. The molecule has 9 heteroatoms. The first-order chi connectivity index (χ1) is 16.7. The van der Waals surface area contributed by atoms with Crippen LogP contribution >= 0.6 is 11.6 Å². The van der Waals surface area contributed by atoms with E-state index in [4.69, 9.17) is 25.9 Å². The molecule has 2 aliphatic heterocycles. The van der Waals surface area contributed by atoms with Crippen LogP contribution in [-0.4, -0.2) is 49.5 Å². The quantitative estimate of drug-likeness (QED) is 0.508. The monoisotopic (exact) mass is 502 g/mol. The topological polar surface area (TPSA) is 68.3 Å². The van der Waals surface area contributed by atoms with Crippen LogP contribution in [0.25, 0.3) is 5.57 Å². The predicted molar refractivity (Wildman–Crippen MR) is 130 cm³/mol. The molecule has 0 aliphatic carbocycles. The Balaban J connectivity index is 1.98. The number of carbonyl (C=O) groups is 2. The summed E-state index contributed by atoms with van der Waals surface area (Å²) in [4.78, 5) is 33.8. The zero-order valence-electron chi connectivity index (χ0n) is 20.2. The van der Waals surface area contributed by atoms with Crippen molar-refractivity contribution in [2.24, 2.45) is 0 Å². The van der Waals surface area contributed by atoms with E-state index in [9.17, 15) is 14.0 Å². The van der Waals surface area contributed by atoms with Crippen LogP contribution in [0.3, 0.4) is 0 Å². The summed E-state index contributed by atoms with van der Waals surface area (Å²) in [5, 5.41) is 2.31. The molecule has 7 nitrogen and oxygen atoms in total. The first-order valence-corrected chi connectivity index (χ1v) is 11.8. The lowest BCUT2D eigenvalue weighted by molar-refractivity contribution is -0.150. The van der Waals surface area contributed by atoms with Gasteiger partial charge >= 0.3 is 6.16 Å². The molecule has 0 saturated carbocycles. The Labute approximate surface area is 209 Å². The zero-order valence-corrected chi connectivity index (χ0v) is 20.9. The average molecular weight is 503 g/mol. The van der Waals surface area contributed by atoms with Gasteiger partial charge in [-0.25, -0.2) is 9.18 Å². The molecular weight excluding hydrogens is 475 g/mol. The van der Waals surface area contributed by atoms with E-state index in [2.05, 4.69) is 0 Å². The molecule has 0 atom stereocenters. The Morgan fingerprint density at radius 1 is 1.14 bits per heavy atom. The molecule has 0 radical (unpaired) electrons. The number of halogens is 2. The second kappa shape index (κ2) is 9.97. The van der Waals surface area contributed by atoms with Crippen LogP contribution in [0.4, 0.5) is 14.9 Å². The number of anilines is 1. The fourth-order valence-electron chi connectivity index (χ4n) is 5.11. The number of rotatable bonds is 5. The van der Waals surface area contributed by atoms with Gasteiger partial charge in [-0.2, -0.15) is 5.06 Å². The van der Waals surface area contributed by atoms with Gasteiger partial charge in [0.05, 0.1) is 19.3 Å². The van der Waals surface area contributed by atoms with Gasteiger partial charge < -0.3 is 14.3 Å².